The molecule has 0 saturated heterocycles. The lowest BCUT2D eigenvalue weighted by Gasteiger charge is -2.17. The van der Waals surface area contributed by atoms with Crippen LogP contribution in [-0.4, -0.2) is 19.3 Å². The maximum absolute atomic E-state index is 13.6. The molecular weight excluding hydrogens is 385 g/mol. The summed E-state index contributed by atoms with van der Waals surface area (Å²) in [5.41, 5.74) is 0.427. The maximum Gasteiger partial charge on any atom is 0.355 e. The molecule has 1 aliphatic rings. The molecule has 1 unspecified atom stereocenters. The third kappa shape index (κ3) is 3.84. The molecule has 0 fully saturated rings. The van der Waals surface area contributed by atoms with Crippen molar-refractivity contribution in [2.75, 3.05) is 4.72 Å². The summed E-state index contributed by atoms with van der Waals surface area (Å²) in [6.45, 7) is 0. The first-order chi connectivity index (χ1) is 12.7. The second-order valence-corrected chi connectivity index (χ2v) is 7.51. The van der Waals surface area contributed by atoms with Crippen LogP contribution in [0.3, 0.4) is 0 Å². The summed E-state index contributed by atoms with van der Waals surface area (Å²) in [4.78, 5) is 0. The topological polar surface area (TPSA) is 99.4 Å². The highest BCUT2D eigenvalue weighted by atomic mass is 32.2. The summed E-state index contributed by atoms with van der Waals surface area (Å²) < 4.78 is 69.1. The van der Waals surface area contributed by atoms with E-state index in [-0.39, 0.29) is 34.7 Å². The SMILES string of the molecule is N#Cc1cc(F)cc(Oc2ccc(NS(=O)(=O)C(F)F)c3c2CCC3O)c1. The zero-order valence-electron chi connectivity index (χ0n) is 13.6. The number of alkyl halides is 2. The summed E-state index contributed by atoms with van der Waals surface area (Å²) in [6, 6.07) is 7.72. The van der Waals surface area contributed by atoms with Gasteiger partial charge in [-0.05, 0) is 37.1 Å². The smallest absolute Gasteiger partial charge is 0.355 e. The van der Waals surface area contributed by atoms with Crippen LogP contribution in [0.5, 0.6) is 11.5 Å². The number of sulfonamides is 1. The molecule has 1 atom stereocenters. The maximum atomic E-state index is 13.6. The van der Waals surface area contributed by atoms with Crippen LogP contribution in [-0.2, 0) is 16.4 Å². The fourth-order valence-corrected chi connectivity index (χ4v) is 3.48. The number of benzene rings is 2. The van der Waals surface area contributed by atoms with Gasteiger partial charge in [-0.25, -0.2) is 12.8 Å². The number of rotatable bonds is 5. The molecule has 2 aromatic rings. The molecular formula is C17H13F3N2O4S. The van der Waals surface area contributed by atoms with Crippen LogP contribution in [0, 0.1) is 17.1 Å². The van der Waals surface area contributed by atoms with E-state index in [2.05, 4.69) is 0 Å². The number of aliphatic hydroxyl groups excluding tert-OH is 1. The van der Waals surface area contributed by atoms with Gasteiger partial charge in [0.25, 0.3) is 10.0 Å². The number of anilines is 1. The van der Waals surface area contributed by atoms with E-state index in [0.29, 0.717) is 12.0 Å². The Hall–Kier alpha value is -2.77. The molecule has 0 spiro atoms. The summed E-state index contributed by atoms with van der Waals surface area (Å²) >= 11 is 0. The number of halogens is 3. The fraction of sp³-hybridized carbons (Fsp3) is 0.235. The van der Waals surface area contributed by atoms with Crippen molar-refractivity contribution in [1.29, 1.82) is 5.26 Å². The average molecular weight is 398 g/mol. The van der Waals surface area contributed by atoms with Crippen molar-refractivity contribution in [1.82, 2.24) is 0 Å². The van der Waals surface area contributed by atoms with Crippen molar-refractivity contribution >= 4 is 15.7 Å². The minimum absolute atomic E-state index is 0.0380. The Morgan fingerprint density at radius 2 is 2.04 bits per heavy atom. The van der Waals surface area contributed by atoms with Crippen LogP contribution < -0.4 is 9.46 Å². The molecule has 142 valence electrons. The molecule has 3 rings (SSSR count). The van der Waals surface area contributed by atoms with Gasteiger partial charge in [-0.3, -0.25) is 4.72 Å². The average Bonchev–Trinajstić information content (AvgIpc) is 2.99. The van der Waals surface area contributed by atoms with Crippen LogP contribution in [0.15, 0.2) is 30.3 Å². The lowest BCUT2D eigenvalue weighted by Crippen LogP contribution is -2.21. The van der Waals surface area contributed by atoms with E-state index in [9.17, 15) is 26.7 Å². The molecule has 27 heavy (non-hydrogen) atoms. The monoisotopic (exact) mass is 398 g/mol. The van der Waals surface area contributed by atoms with Gasteiger partial charge < -0.3 is 9.84 Å². The van der Waals surface area contributed by atoms with Gasteiger partial charge in [0.1, 0.15) is 17.3 Å². The van der Waals surface area contributed by atoms with Gasteiger partial charge in [0.05, 0.1) is 23.4 Å². The number of aliphatic hydroxyl groups is 1. The van der Waals surface area contributed by atoms with Gasteiger partial charge in [0.2, 0.25) is 0 Å². The summed E-state index contributed by atoms with van der Waals surface area (Å²) in [7, 11) is -4.90. The van der Waals surface area contributed by atoms with E-state index in [1.54, 1.807) is 10.8 Å². The van der Waals surface area contributed by atoms with Crippen molar-refractivity contribution in [3.8, 4) is 17.6 Å². The van der Waals surface area contributed by atoms with Crippen molar-refractivity contribution in [2.24, 2.45) is 0 Å². The zero-order valence-corrected chi connectivity index (χ0v) is 14.4. The fourth-order valence-electron chi connectivity index (χ4n) is 2.90. The molecule has 2 N–H and O–H groups in total. The Labute approximate surface area is 152 Å². The molecule has 0 aromatic heterocycles. The Kier molecular flexibility index (Phi) is 4.99. The highest BCUT2D eigenvalue weighted by Crippen LogP contribution is 2.43. The van der Waals surface area contributed by atoms with Crippen molar-refractivity contribution < 1.29 is 31.4 Å². The molecule has 1 aliphatic carbocycles. The lowest BCUT2D eigenvalue weighted by atomic mass is 10.1. The van der Waals surface area contributed by atoms with Crippen LogP contribution in [0.4, 0.5) is 18.9 Å². The molecule has 0 heterocycles. The quantitative estimate of drug-likeness (QED) is 0.804. The van der Waals surface area contributed by atoms with Crippen molar-refractivity contribution in [2.45, 2.75) is 24.7 Å². The van der Waals surface area contributed by atoms with Gasteiger partial charge in [-0.2, -0.15) is 14.0 Å². The van der Waals surface area contributed by atoms with Crippen molar-refractivity contribution in [3.63, 3.8) is 0 Å². The molecule has 0 amide bonds. The predicted molar refractivity (Wildman–Crippen MR) is 89.5 cm³/mol. The van der Waals surface area contributed by atoms with E-state index in [1.807, 2.05) is 0 Å². The number of nitrogens with zero attached hydrogens (tertiary/aromatic N) is 1. The van der Waals surface area contributed by atoms with Crippen LogP contribution >= 0.6 is 0 Å². The number of fused-ring (bicyclic) bond motifs is 1. The minimum Gasteiger partial charge on any atom is -0.457 e. The second kappa shape index (κ2) is 7.09. The van der Waals surface area contributed by atoms with E-state index < -0.39 is 27.7 Å². The van der Waals surface area contributed by atoms with Crippen LogP contribution in [0.1, 0.15) is 29.2 Å². The standard InChI is InChI=1S/C17H13F3N2O4S/c18-10-5-9(8-21)6-11(7-10)26-15-4-2-13(22-27(24,25)17(19)20)16-12(15)1-3-14(16)23/h2,4-7,14,17,22-23H,1,3H2. The largest absolute Gasteiger partial charge is 0.457 e. The first-order valence-corrected chi connectivity index (χ1v) is 9.28. The number of nitriles is 1. The Morgan fingerprint density at radius 1 is 1.30 bits per heavy atom. The Bertz CT molecular complexity index is 1040. The summed E-state index contributed by atoms with van der Waals surface area (Å²) in [5, 5.41) is 19.0. The van der Waals surface area contributed by atoms with E-state index in [4.69, 9.17) is 10.00 Å². The number of ether oxygens (including phenoxy) is 1. The molecule has 2 aromatic carbocycles. The third-order valence-electron chi connectivity index (χ3n) is 4.03. The normalized spacial score (nSPS) is 16.1. The second-order valence-electron chi connectivity index (χ2n) is 5.86. The molecule has 0 aliphatic heterocycles. The van der Waals surface area contributed by atoms with Gasteiger partial charge in [-0.15, -0.1) is 0 Å². The van der Waals surface area contributed by atoms with E-state index >= 15 is 0 Å². The highest BCUT2D eigenvalue weighted by molar-refractivity contribution is 7.93. The zero-order chi connectivity index (χ0) is 19.8. The van der Waals surface area contributed by atoms with Crippen molar-refractivity contribution in [3.05, 3.63) is 52.8 Å². The molecule has 0 radical (unpaired) electrons. The molecule has 0 saturated carbocycles. The summed E-state index contributed by atoms with van der Waals surface area (Å²) in [6.07, 6.45) is -0.525. The Morgan fingerprint density at radius 3 is 2.70 bits per heavy atom. The number of hydrogen-bond donors (Lipinski definition) is 2. The minimum atomic E-state index is -4.90. The molecule has 10 heteroatoms. The van der Waals surface area contributed by atoms with Crippen LogP contribution in [0.25, 0.3) is 0 Å². The van der Waals surface area contributed by atoms with Gasteiger partial charge in [0.15, 0.2) is 0 Å². The van der Waals surface area contributed by atoms with E-state index in [1.165, 1.54) is 18.2 Å². The molecule has 0 bridgehead atoms. The number of hydrogen-bond acceptors (Lipinski definition) is 5. The molecule has 6 nitrogen and oxygen atoms in total. The van der Waals surface area contributed by atoms with Crippen LogP contribution in [0.2, 0.25) is 0 Å². The van der Waals surface area contributed by atoms with Gasteiger partial charge in [-0.1, -0.05) is 0 Å². The highest BCUT2D eigenvalue weighted by Gasteiger charge is 2.31. The predicted octanol–water partition coefficient (Wildman–Crippen LogP) is 3.43. The number of nitrogens with one attached hydrogen (secondary N) is 1. The lowest BCUT2D eigenvalue weighted by molar-refractivity contribution is 0.180. The first-order valence-electron chi connectivity index (χ1n) is 7.73. The van der Waals surface area contributed by atoms with E-state index in [0.717, 1.165) is 12.1 Å². The Balaban J connectivity index is 2.00. The summed E-state index contributed by atoms with van der Waals surface area (Å²) in [5.74, 6) is -4.06. The van der Waals surface area contributed by atoms with Gasteiger partial charge >= 0.3 is 5.76 Å². The van der Waals surface area contributed by atoms with Gasteiger partial charge in [0, 0.05) is 17.2 Å². The third-order valence-corrected chi connectivity index (χ3v) is 5.00. The first kappa shape index (κ1) is 19.0.